The van der Waals surface area contributed by atoms with E-state index in [0.717, 1.165) is 12.2 Å². The zero-order chi connectivity index (χ0) is 12.8. The number of hydrogen-bond donors (Lipinski definition) is 1. The average molecular weight is 241 g/mol. The average Bonchev–Trinajstić information content (AvgIpc) is 2.46. The Bertz CT molecular complexity index is 481. The summed E-state index contributed by atoms with van der Waals surface area (Å²) in [5.74, 6) is 1.22. The maximum Gasteiger partial charge on any atom is 0.119 e. The van der Waals surface area contributed by atoms with Gasteiger partial charge < -0.3 is 10.5 Å². The quantitative estimate of drug-likeness (QED) is 0.873. The molecule has 2 N–H and O–H groups in total. The highest BCUT2D eigenvalue weighted by atomic mass is 16.5. The van der Waals surface area contributed by atoms with E-state index in [-0.39, 0.29) is 0 Å². The van der Waals surface area contributed by atoms with Gasteiger partial charge in [-0.2, -0.15) is 0 Å². The topological polar surface area (TPSA) is 35.2 Å². The molecule has 0 aliphatic rings. The highest BCUT2D eigenvalue weighted by Crippen LogP contribution is 2.23. The highest BCUT2D eigenvalue weighted by molar-refractivity contribution is 5.32. The zero-order valence-corrected chi connectivity index (χ0v) is 10.7. The van der Waals surface area contributed by atoms with Crippen LogP contribution < -0.4 is 10.5 Å². The largest absolute Gasteiger partial charge is 0.497 e. The summed E-state index contributed by atoms with van der Waals surface area (Å²) in [7, 11) is 1.69. The number of ether oxygens (including phenoxy) is 1. The van der Waals surface area contributed by atoms with E-state index in [1.54, 1.807) is 7.11 Å². The van der Waals surface area contributed by atoms with Gasteiger partial charge in [0.2, 0.25) is 0 Å². The molecule has 0 bridgehead atoms. The van der Waals surface area contributed by atoms with Gasteiger partial charge in [0, 0.05) is 5.92 Å². The molecule has 0 aromatic heterocycles. The standard InChI is InChI=1S/C16H19NO/c1-18-16-9-5-8-14(11-16)15(12-17)10-13-6-3-2-4-7-13/h2-9,11,15H,10,12,17H2,1H3. The van der Waals surface area contributed by atoms with Gasteiger partial charge in [0.25, 0.3) is 0 Å². The van der Waals surface area contributed by atoms with Crippen LogP contribution in [0.4, 0.5) is 0 Å². The molecule has 1 unspecified atom stereocenters. The molecule has 2 aromatic rings. The molecule has 0 fully saturated rings. The van der Waals surface area contributed by atoms with Crippen molar-refractivity contribution in [1.82, 2.24) is 0 Å². The van der Waals surface area contributed by atoms with E-state index in [1.807, 2.05) is 18.2 Å². The molecule has 0 amide bonds. The van der Waals surface area contributed by atoms with E-state index in [0.29, 0.717) is 12.5 Å². The lowest BCUT2D eigenvalue weighted by molar-refractivity contribution is 0.413. The summed E-state index contributed by atoms with van der Waals surface area (Å²) in [4.78, 5) is 0. The third kappa shape index (κ3) is 3.11. The van der Waals surface area contributed by atoms with Crippen LogP contribution in [0, 0.1) is 0 Å². The Morgan fingerprint density at radius 3 is 2.50 bits per heavy atom. The van der Waals surface area contributed by atoms with Gasteiger partial charge in [-0.05, 0) is 36.2 Å². The first-order valence-corrected chi connectivity index (χ1v) is 6.21. The van der Waals surface area contributed by atoms with E-state index in [4.69, 9.17) is 10.5 Å². The Balaban J connectivity index is 2.17. The van der Waals surface area contributed by atoms with Gasteiger partial charge in [-0.1, -0.05) is 42.5 Å². The molecule has 94 valence electrons. The molecule has 2 heteroatoms. The molecule has 18 heavy (non-hydrogen) atoms. The summed E-state index contributed by atoms with van der Waals surface area (Å²) >= 11 is 0. The minimum Gasteiger partial charge on any atom is -0.497 e. The Hall–Kier alpha value is -1.80. The molecular formula is C16H19NO. The molecule has 0 saturated heterocycles. The number of rotatable bonds is 5. The zero-order valence-electron chi connectivity index (χ0n) is 10.7. The van der Waals surface area contributed by atoms with E-state index >= 15 is 0 Å². The van der Waals surface area contributed by atoms with Crippen molar-refractivity contribution in [2.24, 2.45) is 5.73 Å². The van der Waals surface area contributed by atoms with Gasteiger partial charge in [-0.3, -0.25) is 0 Å². The number of benzene rings is 2. The lowest BCUT2D eigenvalue weighted by Crippen LogP contribution is -2.15. The molecule has 2 aromatic carbocycles. The Kier molecular flexibility index (Phi) is 4.37. The maximum atomic E-state index is 5.90. The monoisotopic (exact) mass is 241 g/mol. The van der Waals surface area contributed by atoms with Crippen molar-refractivity contribution in [3.05, 3.63) is 65.7 Å². The number of hydrogen-bond acceptors (Lipinski definition) is 2. The van der Waals surface area contributed by atoms with Gasteiger partial charge in [0.15, 0.2) is 0 Å². The van der Waals surface area contributed by atoms with Crippen LogP contribution in [0.2, 0.25) is 0 Å². The second-order valence-electron chi connectivity index (χ2n) is 4.40. The van der Waals surface area contributed by atoms with Crippen molar-refractivity contribution in [3.63, 3.8) is 0 Å². The first kappa shape index (κ1) is 12.7. The molecule has 0 spiro atoms. The lowest BCUT2D eigenvalue weighted by atomic mass is 9.92. The summed E-state index contributed by atoms with van der Waals surface area (Å²) in [6.07, 6.45) is 0.963. The lowest BCUT2D eigenvalue weighted by Gasteiger charge is -2.16. The maximum absolute atomic E-state index is 5.90. The van der Waals surface area contributed by atoms with Crippen molar-refractivity contribution in [3.8, 4) is 5.75 Å². The fraction of sp³-hybridized carbons (Fsp3) is 0.250. The van der Waals surface area contributed by atoms with E-state index in [9.17, 15) is 0 Å². The van der Waals surface area contributed by atoms with Crippen LogP contribution in [0.15, 0.2) is 54.6 Å². The predicted molar refractivity (Wildman–Crippen MR) is 74.9 cm³/mol. The fourth-order valence-electron chi connectivity index (χ4n) is 2.13. The molecule has 0 saturated carbocycles. The van der Waals surface area contributed by atoms with Crippen LogP contribution in [0.1, 0.15) is 17.0 Å². The van der Waals surface area contributed by atoms with Crippen molar-refractivity contribution < 1.29 is 4.74 Å². The Morgan fingerprint density at radius 1 is 1.06 bits per heavy atom. The van der Waals surface area contributed by atoms with Crippen LogP contribution in [0.25, 0.3) is 0 Å². The molecule has 1 atom stereocenters. The van der Waals surface area contributed by atoms with Crippen LogP contribution in [-0.4, -0.2) is 13.7 Å². The summed E-state index contributed by atoms with van der Waals surface area (Å²) in [5.41, 5.74) is 8.46. The minimum absolute atomic E-state index is 0.336. The second kappa shape index (κ2) is 6.22. The summed E-state index contributed by atoms with van der Waals surface area (Å²) in [6, 6.07) is 18.6. The van der Waals surface area contributed by atoms with Gasteiger partial charge in [0.1, 0.15) is 5.75 Å². The van der Waals surface area contributed by atoms with E-state index in [2.05, 4.69) is 36.4 Å². The molecule has 0 aliphatic carbocycles. The third-order valence-electron chi connectivity index (χ3n) is 3.17. The van der Waals surface area contributed by atoms with Crippen LogP contribution >= 0.6 is 0 Å². The van der Waals surface area contributed by atoms with Crippen LogP contribution in [0.3, 0.4) is 0 Å². The van der Waals surface area contributed by atoms with Crippen LogP contribution in [-0.2, 0) is 6.42 Å². The molecule has 2 nitrogen and oxygen atoms in total. The van der Waals surface area contributed by atoms with Crippen molar-refractivity contribution in [2.75, 3.05) is 13.7 Å². The van der Waals surface area contributed by atoms with Gasteiger partial charge in [-0.15, -0.1) is 0 Å². The Morgan fingerprint density at radius 2 is 1.83 bits per heavy atom. The smallest absolute Gasteiger partial charge is 0.119 e. The Labute approximate surface area is 108 Å². The number of methoxy groups -OCH3 is 1. The fourth-order valence-corrected chi connectivity index (χ4v) is 2.13. The third-order valence-corrected chi connectivity index (χ3v) is 3.17. The van der Waals surface area contributed by atoms with Gasteiger partial charge in [-0.25, -0.2) is 0 Å². The molecule has 0 aliphatic heterocycles. The van der Waals surface area contributed by atoms with E-state index in [1.165, 1.54) is 11.1 Å². The SMILES string of the molecule is COc1cccc(C(CN)Cc2ccccc2)c1. The van der Waals surface area contributed by atoms with Gasteiger partial charge >= 0.3 is 0 Å². The molecular weight excluding hydrogens is 222 g/mol. The predicted octanol–water partition coefficient (Wildman–Crippen LogP) is 2.98. The normalized spacial score (nSPS) is 12.1. The minimum atomic E-state index is 0.336. The number of nitrogens with two attached hydrogens (primary N) is 1. The molecule has 0 radical (unpaired) electrons. The molecule has 0 heterocycles. The van der Waals surface area contributed by atoms with E-state index < -0.39 is 0 Å². The summed E-state index contributed by atoms with van der Waals surface area (Å²) in [6.45, 7) is 0.641. The van der Waals surface area contributed by atoms with Crippen LogP contribution in [0.5, 0.6) is 5.75 Å². The van der Waals surface area contributed by atoms with Gasteiger partial charge in [0.05, 0.1) is 7.11 Å². The highest BCUT2D eigenvalue weighted by Gasteiger charge is 2.11. The van der Waals surface area contributed by atoms with Crippen molar-refractivity contribution >= 4 is 0 Å². The first-order valence-electron chi connectivity index (χ1n) is 6.21. The first-order chi connectivity index (χ1) is 8.83. The molecule has 2 rings (SSSR count). The summed E-state index contributed by atoms with van der Waals surface area (Å²) in [5, 5.41) is 0. The second-order valence-corrected chi connectivity index (χ2v) is 4.40. The van der Waals surface area contributed by atoms with Crippen molar-refractivity contribution in [2.45, 2.75) is 12.3 Å². The van der Waals surface area contributed by atoms with Crippen molar-refractivity contribution in [1.29, 1.82) is 0 Å². The summed E-state index contributed by atoms with van der Waals surface area (Å²) < 4.78 is 5.26.